The minimum Gasteiger partial charge on any atom is -0.350 e. The van der Waals surface area contributed by atoms with E-state index in [0.29, 0.717) is 10.9 Å². The number of amides is 2. The van der Waals surface area contributed by atoms with E-state index >= 15 is 0 Å². The van der Waals surface area contributed by atoms with Gasteiger partial charge in [-0.05, 0) is 30.3 Å². The molecule has 0 saturated heterocycles. The van der Waals surface area contributed by atoms with E-state index in [0.717, 1.165) is 0 Å². The SMILES string of the molecule is O=C(NNC(=O)c1ccccc1Cl)c1cc2c(F)cccc2[nH]1. The number of H-pyrrole nitrogens is 1. The number of halogens is 2. The average Bonchev–Trinajstić information content (AvgIpc) is 2.98. The number of aromatic amines is 1. The molecule has 0 saturated carbocycles. The molecule has 23 heavy (non-hydrogen) atoms. The quantitative estimate of drug-likeness (QED) is 0.631. The molecule has 1 aromatic heterocycles. The van der Waals surface area contributed by atoms with Crippen molar-refractivity contribution in [3.63, 3.8) is 0 Å². The van der Waals surface area contributed by atoms with Crippen LogP contribution < -0.4 is 10.9 Å². The summed E-state index contributed by atoms with van der Waals surface area (Å²) < 4.78 is 13.6. The van der Waals surface area contributed by atoms with Gasteiger partial charge in [0.25, 0.3) is 11.8 Å². The summed E-state index contributed by atoms with van der Waals surface area (Å²) in [6.07, 6.45) is 0. The molecule has 0 unspecified atom stereocenters. The van der Waals surface area contributed by atoms with E-state index in [-0.39, 0.29) is 16.3 Å². The first-order chi connectivity index (χ1) is 11.1. The standard InChI is InChI=1S/C16H11ClFN3O2/c17-11-5-2-1-4-9(11)15(22)20-21-16(23)14-8-10-12(18)6-3-7-13(10)19-14/h1-8,19H,(H,20,22)(H,21,23). The van der Waals surface area contributed by atoms with Gasteiger partial charge in [-0.15, -0.1) is 0 Å². The first-order valence-corrected chi connectivity index (χ1v) is 7.06. The fourth-order valence-electron chi connectivity index (χ4n) is 2.13. The molecule has 0 radical (unpaired) electrons. The average molecular weight is 332 g/mol. The van der Waals surface area contributed by atoms with Gasteiger partial charge in [-0.1, -0.05) is 29.8 Å². The van der Waals surface area contributed by atoms with Crippen LogP contribution in [0.4, 0.5) is 4.39 Å². The molecule has 7 heteroatoms. The van der Waals surface area contributed by atoms with Crippen molar-refractivity contribution in [2.75, 3.05) is 0 Å². The maximum Gasteiger partial charge on any atom is 0.286 e. The predicted molar refractivity (Wildman–Crippen MR) is 84.6 cm³/mol. The highest BCUT2D eigenvalue weighted by molar-refractivity contribution is 6.33. The molecule has 116 valence electrons. The van der Waals surface area contributed by atoms with Gasteiger partial charge in [0.05, 0.1) is 10.6 Å². The number of carbonyl (C=O) groups is 2. The van der Waals surface area contributed by atoms with Gasteiger partial charge in [0, 0.05) is 10.9 Å². The van der Waals surface area contributed by atoms with Crippen LogP contribution in [0.25, 0.3) is 10.9 Å². The van der Waals surface area contributed by atoms with Gasteiger partial charge in [0.2, 0.25) is 0 Å². The van der Waals surface area contributed by atoms with Gasteiger partial charge in [-0.2, -0.15) is 0 Å². The number of rotatable bonds is 2. The zero-order valence-electron chi connectivity index (χ0n) is 11.7. The lowest BCUT2D eigenvalue weighted by Gasteiger charge is -2.07. The van der Waals surface area contributed by atoms with Crippen LogP contribution in [0.3, 0.4) is 0 Å². The largest absolute Gasteiger partial charge is 0.350 e. The van der Waals surface area contributed by atoms with Crippen LogP contribution in [0.2, 0.25) is 5.02 Å². The van der Waals surface area contributed by atoms with Crippen molar-refractivity contribution in [1.29, 1.82) is 0 Å². The van der Waals surface area contributed by atoms with Crippen molar-refractivity contribution in [3.05, 3.63) is 70.6 Å². The molecular weight excluding hydrogens is 321 g/mol. The molecule has 0 atom stereocenters. The van der Waals surface area contributed by atoms with Gasteiger partial charge < -0.3 is 4.98 Å². The number of carbonyl (C=O) groups excluding carboxylic acids is 2. The third-order valence-corrected chi connectivity index (χ3v) is 3.59. The highest BCUT2D eigenvalue weighted by Gasteiger charge is 2.14. The van der Waals surface area contributed by atoms with Crippen LogP contribution in [0.15, 0.2) is 48.5 Å². The van der Waals surface area contributed by atoms with Gasteiger partial charge in [-0.3, -0.25) is 20.4 Å². The molecule has 0 aliphatic heterocycles. The second-order valence-electron chi connectivity index (χ2n) is 4.77. The van der Waals surface area contributed by atoms with Crippen molar-refractivity contribution in [1.82, 2.24) is 15.8 Å². The Labute approximate surface area is 135 Å². The Morgan fingerprint density at radius 1 is 1.00 bits per heavy atom. The third kappa shape index (κ3) is 3.02. The summed E-state index contributed by atoms with van der Waals surface area (Å²) in [5.41, 5.74) is 5.37. The van der Waals surface area contributed by atoms with E-state index in [1.807, 2.05) is 0 Å². The van der Waals surface area contributed by atoms with Gasteiger partial charge in [0.15, 0.2) is 0 Å². The number of nitrogens with one attached hydrogen (secondary N) is 3. The van der Waals surface area contributed by atoms with E-state index in [4.69, 9.17) is 11.6 Å². The molecule has 3 aromatic rings. The molecule has 0 aliphatic rings. The van der Waals surface area contributed by atoms with Crippen LogP contribution in [-0.4, -0.2) is 16.8 Å². The number of aromatic nitrogens is 1. The second-order valence-corrected chi connectivity index (χ2v) is 5.18. The second kappa shape index (κ2) is 6.10. The van der Waals surface area contributed by atoms with E-state index < -0.39 is 17.6 Å². The zero-order valence-corrected chi connectivity index (χ0v) is 12.4. The maximum absolute atomic E-state index is 13.6. The highest BCUT2D eigenvalue weighted by atomic mass is 35.5. The lowest BCUT2D eigenvalue weighted by atomic mass is 10.2. The van der Waals surface area contributed by atoms with Crippen LogP contribution in [-0.2, 0) is 0 Å². The first kappa shape index (κ1) is 15.1. The topological polar surface area (TPSA) is 74.0 Å². The molecular formula is C16H11ClFN3O2. The normalized spacial score (nSPS) is 10.5. The van der Waals surface area contributed by atoms with E-state index in [1.54, 1.807) is 24.3 Å². The molecule has 2 amide bonds. The summed E-state index contributed by atoms with van der Waals surface area (Å²) in [7, 11) is 0. The molecule has 0 fully saturated rings. The van der Waals surface area contributed by atoms with Crippen molar-refractivity contribution >= 4 is 34.3 Å². The van der Waals surface area contributed by atoms with Crippen LogP contribution in [0.5, 0.6) is 0 Å². The number of fused-ring (bicyclic) bond motifs is 1. The molecule has 5 nitrogen and oxygen atoms in total. The number of hydrazine groups is 1. The fourth-order valence-corrected chi connectivity index (χ4v) is 2.36. The van der Waals surface area contributed by atoms with E-state index in [9.17, 15) is 14.0 Å². The summed E-state index contributed by atoms with van der Waals surface area (Å²) >= 11 is 5.90. The van der Waals surface area contributed by atoms with Gasteiger partial charge in [-0.25, -0.2) is 4.39 Å². The minimum atomic E-state index is -0.596. The molecule has 3 rings (SSSR count). The van der Waals surface area contributed by atoms with E-state index in [2.05, 4.69) is 15.8 Å². The summed E-state index contributed by atoms with van der Waals surface area (Å²) in [5, 5.41) is 0.571. The maximum atomic E-state index is 13.6. The van der Waals surface area contributed by atoms with Crippen LogP contribution in [0.1, 0.15) is 20.8 Å². The lowest BCUT2D eigenvalue weighted by Crippen LogP contribution is -2.41. The molecule has 2 aromatic carbocycles. The number of hydrogen-bond acceptors (Lipinski definition) is 2. The molecule has 0 spiro atoms. The van der Waals surface area contributed by atoms with Crippen molar-refractivity contribution in [2.45, 2.75) is 0 Å². The summed E-state index contributed by atoms with van der Waals surface area (Å²) in [5.74, 6) is -1.58. The molecule has 1 heterocycles. The summed E-state index contributed by atoms with van der Waals surface area (Å²) in [6.45, 7) is 0. The van der Waals surface area contributed by atoms with Gasteiger partial charge in [0.1, 0.15) is 11.5 Å². The Balaban J connectivity index is 1.73. The van der Waals surface area contributed by atoms with Crippen molar-refractivity contribution in [3.8, 4) is 0 Å². The Morgan fingerprint density at radius 2 is 1.74 bits per heavy atom. The monoisotopic (exact) mass is 331 g/mol. The zero-order chi connectivity index (χ0) is 16.4. The minimum absolute atomic E-state index is 0.129. The highest BCUT2D eigenvalue weighted by Crippen LogP contribution is 2.18. The van der Waals surface area contributed by atoms with Crippen molar-refractivity contribution in [2.24, 2.45) is 0 Å². The molecule has 3 N–H and O–H groups in total. The lowest BCUT2D eigenvalue weighted by molar-refractivity contribution is 0.0844. The molecule has 0 bridgehead atoms. The number of benzene rings is 2. The smallest absolute Gasteiger partial charge is 0.286 e. The fraction of sp³-hybridized carbons (Fsp3) is 0. The Hall–Kier alpha value is -2.86. The first-order valence-electron chi connectivity index (χ1n) is 6.68. The summed E-state index contributed by atoms with van der Waals surface area (Å²) in [6, 6.07) is 12.3. The molecule has 0 aliphatic carbocycles. The Kier molecular flexibility index (Phi) is 3.99. The number of hydrogen-bond donors (Lipinski definition) is 3. The summed E-state index contributed by atoms with van der Waals surface area (Å²) in [4.78, 5) is 26.8. The Bertz CT molecular complexity index is 907. The van der Waals surface area contributed by atoms with E-state index in [1.165, 1.54) is 24.3 Å². The third-order valence-electron chi connectivity index (χ3n) is 3.26. The van der Waals surface area contributed by atoms with Crippen LogP contribution in [0, 0.1) is 5.82 Å². The van der Waals surface area contributed by atoms with Gasteiger partial charge >= 0.3 is 0 Å². The predicted octanol–water partition coefficient (Wildman–Crippen LogP) is 3.04. The Morgan fingerprint density at radius 3 is 2.48 bits per heavy atom. The van der Waals surface area contributed by atoms with Crippen molar-refractivity contribution < 1.29 is 14.0 Å². The van der Waals surface area contributed by atoms with Crippen LogP contribution >= 0.6 is 11.6 Å².